The average Bonchev–Trinajstić information content (AvgIpc) is 2.58. The molecule has 0 nitrogen and oxygen atoms in total. The highest BCUT2D eigenvalue weighted by Crippen LogP contribution is 2.43. The van der Waals surface area contributed by atoms with Gasteiger partial charge in [-0.2, -0.15) is 11.1 Å². The summed E-state index contributed by atoms with van der Waals surface area (Å²) in [6, 6.07) is 8.52. The van der Waals surface area contributed by atoms with Crippen molar-refractivity contribution >= 4 is 18.5 Å². The standard InChI is InChI=1S/C20H21ClF4Si/c1-2-7-26(21)8-5-13(6-9-26)15-11-18(24)20(19(25)12-15)14-3-4-16(22)17(23)10-14/h3-4,10-13H,2,5-9H2,1H3. The minimum Gasteiger partial charge on any atom is -0.206 e. The van der Waals surface area contributed by atoms with Crippen molar-refractivity contribution in [1.82, 2.24) is 0 Å². The number of halogens is 5. The Hall–Kier alpha value is -1.33. The van der Waals surface area contributed by atoms with Crippen LogP contribution in [0.1, 0.15) is 37.7 Å². The number of rotatable bonds is 4. The molecule has 26 heavy (non-hydrogen) atoms. The van der Waals surface area contributed by atoms with Gasteiger partial charge in [0.25, 0.3) is 0 Å². The molecular weight excluding hydrogens is 380 g/mol. The van der Waals surface area contributed by atoms with Gasteiger partial charge in [0.15, 0.2) is 19.0 Å². The quantitative estimate of drug-likeness (QED) is 0.285. The molecule has 0 unspecified atom stereocenters. The van der Waals surface area contributed by atoms with Crippen molar-refractivity contribution in [2.24, 2.45) is 0 Å². The van der Waals surface area contributed by atoms with Crippen LogP contribution in [0.3, 0.4) is 0 Å². The summed E-state index contributed by atoms with van der Waals surface area (Å²) >= 11 is 6.75. The second-order valence-electron chi connectivity index (χ2n) is 7.16. The smallest absolute Gasteiger partial charge is 0.159 e. The van der Waals surface area contributed by atoms with Gasteiger partial charge in [-0.3, -0.25) is 0 Å². The topological polar surface area (TPSA) is 0 Å². The van der Waals surface area contributed by atoms with Gasteiger partial charge in [-0.1, -0.05) is 19.4 Å². The van der Waals surface area contributed by atoms with Crippen molar-refractivity contribution in [2.45, 2.75) is 50.2 Å². The van der Waals surface area contributed by atoms with Crippen LogP contribution in [0.4, 0.5) is 17.6 Å². The number of hydrogen-bond acceptors (Lipinski definition) is 0. The molecule has 1 saturated heterocycles. The third kappa shape index (κ3) is 3.99. The summed E-state index contributed by atoms with van der Waals surface area (Å²) in [4.78, 5) is 0. The zero-order valence-electron chi connectivity index (χ0n) is 14.6. The Labute approximate surface area is 156 Å². The largest absolute Gasteiger partial charge is 0.206 e. The summed E-state index contributed by atoms with van der Waals surface area (Å²) in [5.41, 5.74) is 0.287. The van der Waals surface area contributed by atoms with Crippen LogP contribution in [0, 0.1) is 23.3 Å². The Bertz CT molecular complexity index is 777. The van der Waals surface area contributed by atoms with Gasteiger partial charge in [0.1, 0.15) is 11.6 Å². The Kier molecular flexibility index (Phi) is 5.77. The van der Waals surface area contributed by atoms with Crippen molar-refractivity contribution in [3.63, 3.8) is 0 Å². The van der Waals surface area contributed by atoms with Gasteiger partial charge < -0.3 is 0 Å². The first-order valence-electron chi connectivity index (χ1n) is 8.96. The lowest BCUT2D eigenvalue weighted by Crippen LogP contribution is -2.31. The van der Waals surface area contributed by atoms with Crippen LogP contribution in [0.2, 0.25) is 18.1 Å². The first-order valence-corrected chi connectivity index (χ1v) is 12.6. The molecule has 6 heteroatoms. The van der Waals surface area contributed by atoms with Crippen LogP contribution in [-0.4, -0.2) is 7.38 Å². The minimum absolute atomic E-state index is 0.00998. The molecule has 0 atom stereocenters. The molecule has 1 fully saturated rings. The van der Waals surface area contributed by atoms with E-state index in [2.05, 4.69) is 6.92 Å². The normalized spacial score (nSPS) is 23.2. The first kappa shape index (κ1) is 19.4. The van der Waals surface area contributed by atoms with Crippen molar-refractivity contribution in [1.29, 1.82) is 0 Å². The molecule has 0 spiro atoms. The Morgan fingerprint density at radius 1 is 0.923 bits per heavy atom. The molecule has 3 rings (SSSR count). The van der Waals surface area contributed by atoms with Crippen LogP contribution in [0.15, 0.2) is 30.3 Å². The molecule has 0 aliphatic carbocycles. The zero-order valence-corrected chi connectivity index (χ0v) is 16.4. The highest BCUT2D eigenvalue weighted by molar-refractivity contribution is 7.20. The zero-order chi connectivity index (χ0) is 18.9. The summed E-state index contributed by atoms with van der Waals surface area (Å²) < 4.78 is 55.6. The Balaban J connectivity index is 1.85. The van der Waals surface area contributed by atoms with E-state index in [-0.39, 0.29) is 17.0 Å². The maximum atomic E-state index is 14.6. The van der Waals surface area contributed by atoms with Gasteiger partial charge in [0.2, 0.25) is 0 Å². The summed E-state index contributed by atoms with van der Waals surface area (Å²) in [5.74, 6) is -3.58. The molecular formula is C20H21ClF4Si. The second-order valence-corrected chi connectivity index (χ2v) is 13.4. The van der Waals surface area contributed by atoms with E-state index in [9.17, 15) is 17.6 Å². The van der Waals surface area contributed by atoms with Crippen LogP contribution in [0.25, 0.3) is 11.1 Å². The maximum absolute atomic E-state index is 14.6. The SMILES string of the molecule is CCC[Si]1(Cl)CCC(c2cc(F)c(-c3ccc(F)c(F)c3)c(F)c2)CC1. The fourth-order valence-electron chi connectivity index (χ4n) is 3.92. The fourth-order valence-corrected chi connectivity index (χ4v) is 8.52. The van der Waals surface area contributed by atoms with Crippen LogP contribution in [-0.2, 0) is 0 Å². The van der Waals surface area contributed by atoms with E-state index in [1.165, 1.54) is 18.2 Å². The molecule has 1 aliphatic heterocycles. The van der Waals surface area contributed by atoms with E-state index in [1.54, 1.807) is 0 Å². The third-order valence-corrected chi connectivity index (χ3v) is 10.8. The molecule has 0 amide bonds. The predicted molar refractivity (Wildman–Crippen MR) is 100 cm³/mol. The van der Waals surface area contributed by atoms with E-state index < -0.39 is 30.7 Å². The lowest BCUT2D eigenvalue weighted by atomic mass is 9.91. The van der Waals surface area contributed by atoms with E-state index in [1.807, 2.05) is 0 Å². The number of hydrogen-bond donors (Lipinski definition) is 0. The van der Waals surface area contributed by atoms with Crippen LogP contribution in [0.5, 0.6) is 0 Å². The minimum atomic E-state index is -1.71. The molecule has 2 aromatic rings. The maximum Gasteiger partial charge on any atom is 0.159 e. The molecule has 1 heterocycles. The van der Waals surface area contributed by atoms with Crippen molar-refractivity contribution in [2.75, 3.05) is 0 Å². The van der Waals surface area contributed by atoms with E-state index in [0.29, 0.717) is 5.56 Å². The Morgan fingerprint density at radius 2 is 1.54 bits per heavy atom. The molecule has 1 aliphatic rings. The molecule has 0 radical (unpaired) electrons. The van der Waals surface area contributed by atoms with E-state index in [0.717, 1.165) is 49.5 Å². The first-order chi connectivity index (χ1) is 12.3. The van der Waals surface area contributed by atoms with Gasteiger partial charge >= 0.3 is 0 Å². The van der Waals surface area contributed by atoms with Crippen LogP contribution >= 0.6 is 11.1 Å². The monoisotopic (exact) mass is 400 g/mol. The van der Waals surface area contributed by atoms with Gasteiger partial charge in [0.05, 0.1) is 5.56 Å². The summed E-state index contributed by atoms with van der Waals surface area (Å²) in [6.45, 7) is 2.13. The highest BCUT2D eigenvalue weighted by atomic mass is 35.6. The van der Waals surface area contributed by atoms with E-state index in [4.69, 9.17) is 11.1 Å². The van der Waals surface area contributed by atoms with Gasteiger partial charge in [-0.25, -0.2) is 17.6 Å². The van der Waals surface area contributed by atoms with Gasteiger partial charge in [-0.05, 0) is 72.3 Å². The average molecular weight is 401 g/mol. The van der Waals surface area contributed by atoms with Crippen molar-refractivity contribution in [3.8, 4) is 11.1 Å². The van der Waals surface area contributed by atoms with Crippen molar-refractivity contribution in [3.05, 3.63) is 59.2 Å². The summed E-state index contributed by atoms with van der Waals surface area (Å²) in [5, 5.41) is 0. The number of benzene rings is 2. The molecule has 140 valence electrons. The predicted octanol–water partition coefficient (Wildman–Crippen LogP) is 7.38. The summed E-state index contributed by atoms with van der Waals surface area (Å²) in [7, 11) is -1.71. The van der Waals surface area contributed by atoms with Gasteiger partial charge in [0, 0.05) is 0 Å². The molecule has 0 aromatic heterocycles. The molecule has 0 saturated carbocycles. The lowest BCUT2D eigenvalue weighted by Gasteiger charge is -2.33. The fraction of sp³-hybridized carbons (Fsp3) is 0.400. The molecule has 0 N–H and O–H groups in total. The Morgan fingerprint density at radius 3 is 2.08 bits per heavy atom. The van der Waals surface area contributed by atoms with Crippen LogP contribution < -0.4 is 0 Å². The van der Waals surface area contributed by atoms with E-state index >= 15 is 0 Å². The summed E-state index contributed by atoms with van der Waals surface area (Å²) in [6.07, 6.45) is 2.77. The third-order valence-electron chi connectivity index (χ3n) is 5.32. The highest BCUT2D eigenvalue weighted by Gasteiger charge is 2.36. The second kappa shape index (κ2) is 7.73. The molecule has 0 bridgehead atoms. The van der Waals surface area contributed by atoms with Crippen molar-refractivity contribution < 1.29 is 17.6 Å². The lowest BCUT2D eigenvalue weighted by molar-refractivity contribution is 0.508. The van der Waals surface area contributed by atoms with Gasteiger partial charge in [-0.15, -0.1) is 0 Å². The molecule has 2 aromatic carbocycles.